The van der Waals surface area contributed by atoms with Gasteiger partial charge in [-0.25, -0.2) is 0 Å². The van der Waals surface area contributed by atoms with Gasteiger partial charge in [0, 0.05) is 39.6 Å². The van der Waals surface area contributed by atoms with Crippen molar-refractivity contribution in [3.63, 3.8) is 0 Å². The van der Waals surface area contributed by atoms with Crippen molar-refractivity contribution in [2.24, 2.45) is 0 Å². The quantitative estimate of drug-likeness (QED) is 0.0560. The second-order valence-electron chi connectivity index (χ2n) is 12.8. The van der Waals surface area contributed by atoms with Crippen LogP contribution in [0.4, 0.5) is 0 Å². The second-order valence-corrected chi connectivity index (χ2v) is 12.8. The number of rotatable bonds is 26. The maximum atomic E-state index is 8.88. The van der Waals surface area contributed by atoms with Gasteiger partial charge in [0.2, 0.25) is 0 Å². The summed E-state index contributed by atoms with van der Waals surface area (Å²) in [5.41, 5.74) is 0. The monoisotopic (exact) mass is 799 g/mol. The molecule has 0 rings (SSSR count). The number of aliphatic hydroxyl groups is 14. The van der Waals surface area contributed by atoms with E-state index in [2.05, 4.69) is 0 Å². The predicted octanol–water partition coefficient (Wildman–Crippen LogP) is 3.28. The van der Waals surface area contributed by atoms with E-state index in [1.165, 1.54) is 0 Å². The van der Waals surface area contributed by atoms with Crippen LogP contribution in [-0.4, -0.2) is 154 Å². The molecule has 0 bridgehead atoms. The van der Waals surface area contributed by atoms with Crippen molar-refractivity contribution < 1.29 is 71.5 Å². The summed E-state index contributed by atoms with van der Waals surface area (Å²) in [6, 6.07) is 0. The van der Waals surface area contributed by atoms with Crippen molar-refractivity contribution >= 4 is 0 Å². The third kappa shape index (κ3) is 88.6. The maximum absolute atomic E-state index is 8.88. The molecule has 0 spiro atoms. The van der Waals surface area contributed by atoms with Crippen molar-refractivity contribution in [2.75, 3.05) is 39.6 Å². The molecule has 0 aliphatic heterocycles. The normalized spacial score (nSPS) is 13.4. The summed E-state index contributed by atoms with van der Waals surface area (Å²) in [7, 11) is 0. The molecule has 14 nitrogen and oxygen atoms in total. The van der Waals surface area contributed by atoms with E-state index in [1.807, 2.05) is 48.5 Å². The van der Waals surface area contributed by atoms with Crippen LogP contribution in [0.3, 0.4) is 0 Å². The van der Waals surface area contributed by atoms with E-state index < -0.39 is 6.29 Å². The molecule has 0 fully saturated rings. The van der Waals surface area contributed by atoms with Gasteiger partial charge in [-0.2, -0.15) is 0 Å². The lowest BCUT2D eigenvalue weighted by Crippen LogP contribution is -2.04. The van der Waals surface area contributed by atoms with E-state index in [0.29, 0.717) is 6.42 Å². The molecule has 0 aromatic heterocycles. The highest BCUT2D eigenvalue weighted by molar-refractivity contribution is 4.53. The van der Waals surface area contributed by atoms with Gasteiger partial charge in [-0.05, 0) is 122 Å². The first-order valence-electron chi connectivity index (χ1n) is 20.7. The average Bonchev–Trinajstić information content (AvgIpc) is 3.19. The molecule has 6 unspecified atom stereocenters. The summed E-state index contributed by atoms with van der Waals surface area (Å²) in [5, 5.41) is 119. The van der Waals surface area contributed by atoms with Crippen LogP contribution in [0.5, 0.6) is 0 Å². The Bertz CT molecular complexity index is 456. The third-order valence-corrected chi connectivity index (χ3v) is 7.55. The van der Waals surface area contributed by atoms with Crippen molar-refractivity contribution in [3.05, 3.63) is 0 Å². The van der Waals surface area contributed by atoms with Crippen LogP contribution in [-0.2, 0) is 0 Å². The van der Waals surface area contributed by atoms with Crippen molar-refractivity contribution in [2.45, 2.75) is 220 Å². The van der Waals surface area contributed by atoms with Gasteiger partial charge in [0.15, 0.2) is 6.29 Å². The summed E-state index contributed by atoms with van der Waals surface area (Å²) < 4.78 is 0. The Morgan fingerprint density at radius 2 is 0.407 bits per heavy atom. The second kappa shape index (κ2) is 64.3. The van der Waals surface area contributed by atoms with E-state index in [9.17, 15) is 0 Å². The number of aliphatic hydroxyl groups excluding tert-OH is 13. The molecular weight excluding hydrogens is 704 g/mol. The first-order chi connectivity index (χ1) is 25.6. The van der Waals surface area contributed by atoms with Gasteiger partial charge in [-0.1, -0.05) is 54.9 Å². The summed E-state index contributed by atoms with van der Waals surface area (Å²) in [4.78, 5) is 0. The molecular formula is C40H94O14. The van der Waals surface area contributed by atoms with Gasteiger partial charge in [-0.15, -0.1) is 0 Å². The van der Waals surface area contributed by atoms with E-state index >= 15 is 0 Å². The fourth-order valence-corrected chi connectivity index (χ4v) is 3.44. The fourth-order valence-electron chi connectivity index (χ4n) is 3.44. The lowest BCUT2D eigenvalue weighted by Gasteiger charge is -2.03. The Morgan fingerprint density at radius 3 is 0.463 bits per heavy atom. The minimum atomic E-state index is -1.10. The maximum Gasteiger partial charge on any atom is 0.151 e. The Balaban J connectivity index is -0.0000000956. The van der Waals surface area contributed by atoms with Crippen molar-refractivity contribution in [3.8, 4) is 0 Å². The first-order valence-corrected chi connectivity index (χ1v) is 20.7. The zero-order chi connectivity index (χ0) is 43.4. The summed E-state index contributed by atoms with van der Waals surface area (Å²) in [6.45, 7) is 14.6. The standard InChI is InChI=1S/6C6H14O2.C4H10O2/c6*1-2-6(8)4-3-5-7;1-2-3-4(5)6/h6*6-8H,2-5H2,1H3;4-6H,2-3H2,1H3. The van der Waals surface area contributed by atoms with E-state index in [-0.39, 0.29) is 76.3 Å². The fraction of sp³-hybridized carbons (Fsp3) is 1.00. The topological polar surface area (TPSA) is 283 Å². The Morgan fingerprint density at radius 1 is 0.259 bits per heavy atom. The highest BCUT2D eigenvalue weighted by atomic mass is 16.5. The lowest BCUT2D eigenvalue weighted by molar-refractivity contribution is -0.0453. The zero-order valence-corrected chi connectivity index (χ0v) is 35.7. The molecule has 14 N–H and O–H groups in total. The van der Waals surface area contributed by atoms with Crippen LogP contribution < -0.4 is 0 Å². The Hall–Kier alpha value is -0.560. The third-order valence-electron chi connectivity index (χ3n) is 7.55. The predicted molar refractivity (Wildman–Crippen MR) is 219 cm³/mol. The molecule has 0 radical (unpaired) electrons. The van der Waals surface area contributed by atoms with E-state index in [4.69, 9.17) is 71.5 Å². The molecule has 0 saturated carbocycles. The van der Waals surface area contributed by atoms with Crippen LogP contribution in [0, 0.1) is 0 Å². The summed E-state index contributed by atoms with van der Waals surface area (Å²) >= 11 is 0. The Kier molecular flexibility index (Phi) is 81.2. The van der Waals surface area contributed by atoms with Crippen LogP contribution in [0.2, 0.25) is 0 Å². The van der Waals surface area contributed by atoms with Crippen LogP contribution in [0.15, 0.2) is 0 Å². The minimum Gasteiger partial charge on any atom is -0.396 e. The zero-order valence-electron chi connectivity index (χ0n) is 35.7. The van der Waals surface area contributed by atoms with Crippen LogP contribution in [0.1, 0.15) is 177 Å². The van der Waals surface area contributed by atoms with Crippen molar-refractivity contribution in [1.29, 1.82) is 0 Å². The molecule has 0 aliphatic carbocycles. The summed E-state index contributed by atoms with van der Waals surface area (Å²) in [6.07, 6.45) is 12.4. The highest BCUT2D eigenvalue weighted by Gasteiger charge is 2.00. The van der Waals surface area contributed by atoms with E-state index in [1.54, 1.807) is 0 Å². The average molecular weight is 799 g/mol. The lowest BCUT2D eigenvalue weighted by atomic mass is 10.2. The minimum absolute atomic E-state index is 0.192. The molecule has 14 heteroatoms. The molecule has 0 aromatic carbocycles. The van der Waals surface area contributed by atoms with Gasteiger partial charge < -0.3 is 71.5 Å². The highest BCUT2D eigenvalue weighted by Crippen LogP contribution is 2.02. The Labute approximate surface area is 330 Å². The van der Waals surface area contributed by atoms with Gasteiger partial charge in [0.05, 0.1) is 36.6 Å². The molecule has 6 atom stereocenters. The van der Waals surface area contributed by atoms with Crippen molar-refractivity contribution in [1.82, 2.24) is 0 Å². The largest absolute Gasteiger partial charge is 0.396 e. The van der Waals surface area contributed by atoms with Gasteiger partial charge in [0.25, 0.3) is 0 Å². The van der Waals surface area contributed by atoms with E-state index in [0.717, 1.165) is 122 Å². The number of hydrogen-bond acceptors (Lipinski definition) is 14. The smallest absolute Gasteiger partial charge is 0.151 e. The first kappa shape index (κ1) is 68.1. The SMILES string of the molecule is CCC(O)CCCO.CCC(O)CCCO.CCC(O)CCCO.CCC(O)CCCO.CCC(O)CCCO.CCC(O)CCCO.CCCC(O)O. The molecule has 0 saturated heterocycles. The number of hydrogen-bond donors (Lipinski definition) is 14. The molecule has 0 aliphatic rings. The summed E-state index contributed by atoms with van der Waals surface area (Å²) in [5.74, 6) is 0. The molecule has 0 amide bonds. The van der Waals surface area contributed by atoms with Gasteiger partial charge in [-0.3, -0.25) is 0 Å². The molecule has 54 heavy (non-hydrogen) atoms. The van der Waals surface area contributed by atoms with Crippen LogP contribution in [0.25, 0.3) is 0 Å². The molecule has 0 aromatic rings. The van der Waals surface area contributed by atoms with Gasteiger partial charge in [0.1, 0.15) is 0 Å². The molecule has 0 heterocycles. The van der Waals surface area contributed by atoms with Crippen LogP contribution >= 0.6 is 0 Å². The van der Waals surface area contributed by atoms with Gasteiger partial charge >= 0.3 is 0 Å². The molecule has 338 valence electrons.